The van der Waals surface area contributed by atoms with Crippen LogP contribution in [0, 0.1) is 0 Å². The van der Waals surface area contributed by atoms with E-state index >= 15 is 0 Å². The number of nitrogens with one attached hydrogen (secondary N) is 1. The number of rotatable bonds is 17. The van der Waals surface area contributed by atoms with E-state index in [1.165, 1.54) is 0 Å². The minimum absolute atomic E-state index is 0.0282. The molecule has 0 aromatic rings. The highest BCUT2D eigenvalue weighted by molar-refractivity contribution is 5.94. The lowest BCUT2D eigenvalue weighted by atomic mass is 10.1. The molecule has 0 aliphatic heterocycles. The van der Waals surface area contributed by atoms with Gasteiger partial charge in [0.15, 0.2) is 5.78 Å². The van der Waals surface area contributed by atoms with Crippen LogP contribution in [0.3, 0.4) is 0 Å². The zero-order valence-electron chi connectivity index (χ0n) is 15.8. The van der Waals surface area contributed by atoms with Crippen LogP contribution in [0.5, 0.6) is 0 Å². The molecule has 0 fully saturated rings. The van der Waals surface area contributed by atoms with Gasteiger partial charge in [0, 0.05) is 19.4 Å². The van der Waals surface area contributed by atoms with E-state index < -0.39 is 0 Å². The Morgan fingerprint density at radius 3 is 1.80 bits per heavy atom. The maximum Gasteiger partial charge on any atom is 0.219 e. The van der Waals surface area contributed by atoms with E-state index in [1.54, 1.807) is 13.0 Å². The zero-order chi connectivity index (χ0) is 18.8. The molecule has 0 aromatic heterocycles. The molecule has 146 valence electrons. The van der Waals surface area contributed by atoms with E-state index in [-0.39, 0.29) is 11.7 Å². The number of allylic oxidation sites excluding steroid dienone is 2. The summed E-state index contributed by atoms with van der Waals surface area (Å²) in [6.45, 7) is 9.81. The van der Waals surface area contributed by atoms with Crippen molar-refractivity contribution in [1.29, 1.82) is 0 Å². The highest BCUT2D eigenvalue weighted by atomic mass is 16.6. The Balaban J connectivity index is 3.17. The van der Waals surface area contributed by atoms with Crippen LogP contribution >= 0.6 is 0 Å². The molecule has 0 aliphatic rings. The van der Waals surface area contributed by atoms with E-state index in [0.717, 1.165) is 5.57 Å². The van der Waals surface area contributed by atoms with Gasteiger partial charge in [-0.1, -0.05) is 13.0 Å². The number of carbonyl (C=O) groups excluding carboxylic acids is 2. The van der Waals surface area contributed by atoms with Crippen LogP contribution in [-0.4, -0.2) is 71.1 Å². The summed E-state index contributed by atoms with van der Waals surface area (Å²) in [5.74, 6) is 0.146. The number of carbonyl (C=O) groups is 2. The summed E-state index contributed by atoms with van der Waals surface area (Å²) in [5.41, 5.74) is 0.770. The van der Waals surface area contributed by atoms with Crippen molar-refractivity contribution in [2.24, 2.45) is 0 Å². The third kappa shape index (κ3) is 16.0. The maximum atomic E-state index is 11.5. The number of Topliss-reactive ketones (excluding diaryl/α,β-unsaturated/α-hetero) is 1. The molecule has 0 atom stereocenters. The Labute approximate surface area is 151 Å². The van der Waals surface area contributed by atoms with E-state index in [2.05, 4.69) is 5.32 Å². The Kier molecular flexibility index (Phi) is 16.6. The summed E-state index contributed by atoms with van der Waals surface area (Å²) in [5, 5.41) is 2.73. The molecular weight excluding hydrogens is 326 g/mol. The normalized spacial score (nSPS) is 11.6. The van der Waals surface area contributed by atoms with Gasteiger partial charge in [-0.2, -0.15) is 0 Å². The molecule has 7 heteroatoms. The first-order valence-corrected chi connectivity index (χ1v) is 8.85. The summed E-state index contributed by atoms with van der Waals surface area (Å²) in [6, 6.07) is 0. The van der Waals surface area contributed by atoms with Gasteiger partial charge in [-0.05, 0) is 19.4 Å². The average molecular weight is 359 g/mol. The van der Waals surface area contributed by atoms with Gasteiger partial charge in [-0.3, -0.25) is 9.59 Å². The summed E-state index contributed by atoms with van der Waals surface area (Å²) >= 11 is 0. The maximum absolute atomic E-state index is 11.5. The van der Waals surface area contributed by atoms with Crippen molar-refractivity contribution in [2.75, 3.05) is 59.4 Å². The summed E-state index contributed by atoms with van der Waals surface area (Å²) < 4.78 is 21.4. The van der Waals surface area contributed by atoms with Gasteiger partial charge in [0.05, 0.1) is 52.9 Å². The third-order valence-electron chi connectivity index (χ3n) is 3.35. The van der Waals surface area contributed by atoms with Gasteiger partial charge < -0.3 is 24.3 Å². The molecule has 0 bridgehead atoms. The van der Waals surface area contributed by atoms with Crippen molar-refractivity contribution in [2.45, 2.75) is 33.6 Å². The van der Waals surface area contributed by atoms with Crippen molar-refractivity contribution in [3.8, 4) is 0 Å². The predicted octanol–water partition coefficient (Wildman–Crippen LogP) is 1.50. The first-order chi connectivity index (χ1) is 12.1. The van der Waals surface area contributed by atoms with Gasteiger partial charge >= 0.3 is 0 Å². The Bertz CT molecular complexity index is 384. The lowest BCUT2D eigenvalue weighted by Gasteiger charge is -2.08. The van der Waals surface area contributed by atoms with Crippen molar-refractivity contribution >= 4 is 11.7 Å². The van der Waals surface area contributed by atoms with E-state index in [1.807, 2.05) is 13.8 Å². The van der Waals surface area contributed by atoms with Gasteiger partial charge in [-0.15, -0.1) is 0 Å². The Morgan fingerprint density at radius 1 is 0.840 bits per heavy atom. The summed E-state index contributed by atoms with van der Waals surface area (Å²) in [6.07, 6.45) is 2.70. The SMILES string of the molecule is C/C=C(/C)C(=O)CCOCCOCCOCCOCCNC(=O)CC. The fraction of sp³-hybridized carbons (Fsp3) is 0.778. The topological polar surface area (TPSA) is 83.1 Å². The van der Waals surface area contributed by atoms with E-state index in [0.29, 0.717) is 72.2 Å². The molecule has 1 N–H and O–H groups in total. The smallest absolute Gasteiger partial charge is 0.219 e. The summed E-state index contributed by atoms with van der Waals surface area (Å²) in [7, 11) is 0. The molecule has 0 saturated heterocycles. The molecule has 0 rings (SSSR count). The van der Waals surface area contributed by atoms with Gasteiger partial charge in [0.25, 0.3) is 0 Å². The van der Waals surface area contributed by atoms with Crippen LogP contribution in [0.4, 0.5) is 0 Å². The largest absolute Gasteiger partial charge is 0.379 e. The molecule has 0 spiro atoms. The van der Waals surface area contributed by atoms with Crippen LogP contribution in [0.1, 0.15) is 33.6 Å². The predicted molar refractivity (Wildman–Crippen MR) is 95.6 cm³/mol. The van der Waals surface area contributed by atoms with Gasteiger partial charge in [0.2, 0.25) is 5.91 Å². The van der Waals surface area contributed by atoms with Crippen LogP contribution in [0.2, 0.25) is 0 Å². The molecule has 0 unspecified atom stereocenters. The van der Waals surface area contributed by atoms with Crippen LogP contribution < -0.4 is 5.32 Å². The number of ether oxygens (including phenoxy) is 4. The summed E-state index contributed by atoms with van der Waals surface area (Å²) in [4.78, 5) is 22.5. The Hall–Kier alpha value is -1.28. The zero-order valence-corrected chi connectivity index (χ0v) is 15.8. The fourth-order valence-corrected chi connectivity index (χ4v) is 1.67. The molecule has 0 radical (unpaired) electrons. The van der Waals surface area contributed by atoms with Crippen LogP contribution in [-0.2, 0) is 28.5 Å². The van der Waals surface area contributed by atoms with Gasteiger partial charge in [0.1, 0.15) is 0 Å². The number of hydrogen-bond acceptors (Lipinski definition) is 6. The quantitative estimate of drug-likeness (QED) is 0.313. The molecular formula is C18H33NO6. The minimum Gasteiger partial charge on any atom is -0.379 e. The number of amides is 1. The van der Waals surface area contributed by atoms with Crippen molar-refractivity contribution in [3.63, 3.8) is 0 Å². The molecule has 0 saturated carbocycles. The molecule has 7 nitrogen and oxygen atoms in total. The van der Waals surface area contributed by atoms with Crippen LogP contribution in [0.15, 0.2) is 11.6 Å². The lowest BCUT2D eigenvalue weighted by molar-refractivity contribution is -0.121. The lowest BCUT2D eigenvalue weighted by Crippen LogP contribution is -2.26. The average Bonchev–Trinajstić information content (AvgIpc) is 2.63. The number of ketones is 1. The number of hydrogen-bond donors (Lipinski definition) is 1. The van der Waals surface area contributed by atoms with Gasteiger partial charge in [-0.25, -0.2) is 0 Å². The molecule has 0 aromatic carbocycles. The second-order valence-corrected chi connectivity index (χ2v) is 5.30. The molecule has 0 aliphatic carbocycles. The van der Waals surface area contributed by atoms with Crippen molar-refractivity contribution in [1.82, 2.24) is 5.32 Å². The first kappa shape index (κ1) is 23.7. The minimum atomic E-state index is 0.0282. The highest BCUT2D eigenvalue weighted by Crippen LogP contribution is 1.98. The van der Waals surface area contributed by atoms with Crippen molar-refractivity contribution in [3.05, 3.63) is 11.6 Å². The second-order valence-electron chi connectivity index (χ2n) is 5.30. The standard InChI is InChI=1S/C18H33NO6/c1-4-16(3)17(20)6-8-22-10-12-24-14-15-25-13-11-23-9-7-19-18(21)5-2/h4H,5-15H2,1-3H3,(H,19,21)/b16-4-. The molecule has 25 heavy (non-hydrogen) atoms. The highest BCUT2D eigenvalue weighted by Gasteiger charge is 2.02. The van der Waals surface area contributed by atoms with Crippen molar-refractivity contribution < 1.29 is 28.5 Å². The Morgan fingerprint density at radius 2 is 1.32 bits per heavy atom. The first-order valence-electron chi connectivity index (χ1n) is 8.85. The van der Waals surface area contributed by atoms with E-state index in [9.17, 15) is 9.59 Å². The van der Waals surface area contributed by atoms with Crippen LogP contribution in [0.25, 0.3) is 0 Å². The fourth-order valence-electron chi connectivity index (χ4n) is 1.67. The second kappa shape index (κ2) is 17.5. The van der Waals surface area contributed by atoms with E-state index in [4.69, 9.17) is 18.9 Å². The molecule has 1 amide bonds. The third-order valence-corrected chi connectivity index (χ3v) is 3.35. The monoisotopic (exact) mass is 359 g/mol. The molecule has 0 heterocycles.